The fraction of sp³-hybridized carbons (Fsp3) is 0.333. The van der Waals surface area contributed by atoms with Gasteiger partial charge in [0.05, 0.1) is 25.8 Å². The summed E-state index contributed by atoms with van der Waals surface area (Å²) in [6, 6.07) is 8.21. The molecule has 2 aromatic rings. The second-order valence-corrected chi connectivity index (χ2v) is 9.59. The number of amides is 1. The monoisotopic (exact) mass is 482 g/mol. The van der Waals surface area contributed by atoms with Gasteiger partial charge in [-0.2, -0.15) is 0 Å². The van der Waals surface area contributed by atoms with E-state index in [1.165, 1.54) is 14.2 Å². The van der Waals surface area contributed by atoms with Gasteiger partial charge in [-0.1, -0.05) is 26.0 Å². The largest absolute Gasteiger partial charge is 0.493 e. The molecule has 1 atom stereocenters. The van der Waals surface area contributed by atoms with Gasteiger partial charge < -0.3 is 20.1 Å². The molecule has 6 nitrogen and oxygen atoms in total. The Bertz CT molecular complexity index is 1280. The number of allylic oxidation sites excluding steroid dienone is 3. The number of halogens is 2. The highest BCUT2D eigenvalue weighted by atomic mass is 19.1. The van der Waals surface area contributed by atoms with Gasteiger partial charge in [0.2, 0.25) is 0 Å². The van der Waals surface area contributed by atoms with Crippen LogP contribution >= 0.6 is 0 Å². The zero-order valence-electron chi connectivity index (χ0n) is 20.3. The van der Waals surface area contributed by atoms with Crippen molar-refractivity contribution in [3.05, 3.63) is 76.1 Å². The third-order valence-corrected chi connectivity index (χ3v) is 6.41. The third-order valence-electron chi connectivity index (χ3n) is 6.41. The zero-order valence-corrected chi connectivity index (χ0v) is 20.3. The topological polar surface area (TPSA) is 76.7 Å². The van der Waals surface area contributed by atoms with Gasteiger partial charge in [0.15, 0.2) is 17.3 Å². The summed E-state index contributed by atoms with van der Waals surface area (Å²) in [6.07, 6.45) is 0.937. The standard InChI is InChI=1S/C27H28F2N2O4/c1-14-22(26(33)31-18-10-9-15(28)11-17(18)29)23(16-7-6-8-21(34-4)25(16)35-5)24-19(30-14)12-27(2,3)13-20(24)32/h6-11,23,30H,12-13H2,1-5H3,(H,31,33)/t23-/m1/s1. The first-order valence-corrected chi connectivity index (χ1v) is 11.3. The molecule has 1 amide bonds. The molecule has 2 N–H and O–H groups in total. The normalized spacial score (nSPS) is 19.2. The lowest BCUT2D eigenvalue weighted by Gasteiger charge is -2.40. The Balaban J connectivity index is 1.88. The Morgan fingerprint density at radius 2 is 1.86 bits per heavy atom. The fourth-order valence-electron chi connectivity index (χ4n) is 4.97. The number of rotatable bonds is 5. The van der Waals surface area contributed by atoms with Gasteiger partial charge in [-0.25, -0.2) is 8.78 Å². The van der Waals surface area contributed by atoms with Crippen LogP contribution in [0.25, 0.3) is 0 Å². The van der Waals surface area contributed by atoms with Gasteiger partial charge in [0, 0.05) is 40.6 Å². The maximum absolute atomic E-state index is 14.3. The van der Waals surface area contributed by atoms with Crippen LogP contribution in [0.1, 0.15) is 45.1 Å². The quantitative estimate of drug-likeness (QED) is 0.611. The predicted octanol–water partition coefficient (Wildman–Crippen LogP) is 5.22. The van der Waals surface area contributed by atoms with Crippen LogP contribution in [-0.4, -0.2) is 25.9 Å². The summed E-state index contributed by atoms with van der Waals surface area (Å²) in [5.41, 5.74) is 2.18. The van der Waals surface area contributed by atoms with E-state index in [4.69, 9.17) is 9.47 Å². The summed E-state index contributed by atoms with van der Waals surface area (Å²) in [6.45, 7) is 5.79. The van der Waals surface area contributed by atoms with Crippen molar-refractivity contribution in [2.45, 2.75) is 39.5 Å². The molecule has 0 fully saturated rings. The van der Waals surface area contributed by atoms with Gasteiger partial charge in [0.25, 0.3) is 5.91 Å². The van der Waals surface area contributed by atoms with E-state index in [0.29, 0.717) is 47.2 Å². The van der Waals surface area contributed by atoms with Gasteiger partial charge in [-0.15, -0.1) is 0 Å². The maximum atomic E-state index is 14.3. The Kier molecular flexibility index (Phi) is 6.40. The molecule has 0 saturated carbocycles. The van der Waals surface area contributed by atoms with Gasteiger partial charge in [-0.05, 0) is 37.0 Å². The van der Waals surface area contributed by atoms with Gasteiger partial charge in [0.1, 0.15) is 11.6 Å². The molecule has 0 radical (unpaired) electrons. The van der Waals surface area contributed by atoms with Crippen LogP contribution in [0, 0.1) is 17.0 Å². The number of hydrogen-bond acceptors (Lipinski definition) is 5. The van der Waals surface area contributed by atoms with Crippen LogP contribution in [0.15, 0.2) is 58.9 Å². The first-order chi connectivity index (χ1) is 16.6. The van der Waals surface area contributed by atoms with E-state index >= 15 is 0 Å². The molecule has 0 aromatic heterocycles. The molecule has 1 heterocycles. The number of methoxy groups -OCH3 is 2. The first-order valence-electron chi connectivity index (χ1n) is 11.3. The molecule has 0 spiro atoms. The second kappa shape index (κ2) is 9.17. The second-order valence-electron chi connectivity index (χ2n) is 9.59. The van der Waals surface area contributed by atoms with E-state index < -0.39 is 23.5 Å². The number of benzene rings is 2. The maximum Gasteiger partial charge on any atom is 0.254 e. The van der Waals surface area contributed by atoms with Crippen molar-refractivity contribution in [1.82, 2.24) is 5.32 Å². The number of anilines is 1. The smallest absolute Gasteiger partial charge is 0.254 e. The molecule has 2 aromatic carbocycles. The van der Waals surface area contributed by atoms with E-state index in [0.717, 1.165) is 17.8 Å². The highest BCUT2D eigenvalue weighted by Crippen LogP contribution is 2.50. The SMILES string of the molecule is COc1cccc([C@@H]2C(C(=O)Nc3ccc(F)cc3F)=C(C)NC3=C2C(=O)CC(C)(C)C3)c1OC. The van der Waals surface area contributed by atoms with Crippen molar-refractivity contribution in [3.8, 4) is 11.5 Å². The first kappa shape index (κ1) is 24.4. The Morgan fingerprint density at radius 3 is 2.51 bits per heavy atom. The molecule has 2 aliphatic rings. The van der Waals surface area contributed by atoms with Crippen molar-refractivity contribution in [1.29, 1.82) is 0 Å². The van der Waals surface area contributed by atoms with E-state index in [1.807, 2.05) is 13.8 Å². The molecule has 4 rings (SSSR count). The molecule has 0 bridgehead atoms. The minimum atomic E-state index is -0.897. The van der Waals surface area contributed by atoms with Crippen LogP contribution in [-0.2, 0) is 9.59 Å². The van der Waals surface area contributed by atoms with E-state index in [2.05, 4.69) is 10.6 Å². The molecule has 8 heteroatoms. The molecule has 35 heavy (non-hydrogen) atoms. The van der Waals surface area contributed by atoms with Crippen molar-refractivity contribution in [2.75, 3.05) is 19.5 Å². The number of carbonyl (C=O) groups excluding carboxylic acids is 2. The predicted molar refractivity (Wildman–Crippen MR) is 128 cm³/mol. The molecule has 184 valence electrons. The van der Waals surface area contributed by atoms with Crippen molar-refractivity contribution >= 4 is 17.4 Å². The fourth-order valence-corrected chi connectivity index (χ4v) is 4.97. The van der Waals surface area contributed by atoms with E-state index in [9.17, 15) is 18.4 Å². The number of dihydropyridines is 1. The highest BCUT2D eigenvalue weighted by molar-refractivity contribution is 6.10. The number of carbonyl (C=O) groups is 2. The highest BCUT2D eigenvalue weighted by Gasteiger charge is 2.44. The lowest BCUT2D eigenvalue weighted by Crippen LogP contribution is -2.39. The van der Waals surface area contributed by atoms with Gasteiger partial charge in [-0.3, -0.25) is 9.59 Å². The summed E-state index contributed by atoms with van der Waals surface area (Å²) in [5.74, 6) is -2.26. The molecular weight excluding hydrogens is 454 g/mol. The molecule has 0 saturated heterocycles. The number of nitrogens with one attached hydrogen (secondary N) is 2. The Morgan fingerprint density at radius 1 is 1.11 bits per heavy atom. The summed E-state index contributed by atoms with van der Waals surface area (Å²) in [4.78, 5) is 27.1. The number of ether oxygens (including phenoxy) is 2. The lowest BCUT2D eigenvalue weighted by molar-refractivity contribution is -0.118. The minimum absolute atomic E-state index is 0.0793. The van der Waals surface area contributed by atoms with Crippen molar-refractivity contribution in [3.63, 3.8) is 0 Å². The Labute approximate surface area is 203 Å². The van der Waals surface area contributed by atoms with Crippen LogP contribution in [0.3, 0.4) is 0 Å². The van der Waals surface area contributed by atoms with Crippen molar-refractivity contribution in [2.24, 2.45) is 5.41 Å². The van der Waals surface area contributed by atoms with Crippen LogP contribution in [0.5, 0.6) is 11.5 Å². The third kappa shape index (κ3) is 4.52. The average molecular weight is 483 g/mol. The van der Waals surface area contributed by atoms with E-state index in [1.54, 1.807) is 25.1 Å². The minimum Gasteiger partial charge on any atom is -0.493 e. The number of para-hydroxylation sites is 1. The zero-order chi connectivity index (χ0) is 25.5. The summed E-state index contributed by atoms with van der Waals surface area (Å²) in [5, 5.41) is 5.81. The van der Waals surface area contributed by atoms with Crippen molar-refractivity contribution < 1.29 is 27.8 Å². The summed E-state index contributed by atoms with van der Waals surface area (Å²) in [7, 11) is 3.00. The molecule has 1 aliphatic heterocycles. The summed E-state index contributed by atoms with van der Waals surface area (Å²) >= 11 is 0. The average Bonchev–Trinajstić information content (AvgIpc) is 2.78. The summed E-state index contributed by atoms with van der Waals surface area (Å²) < 4.78 is 38.9. The molecular formula is C27H28F2N2O4. The van der Waals surface area contributed by atoms with Crippen LogP contribution in [0.2, 0.25) is 0 Å². The van der Waals surface area contributed by atoms with Crippen LogP contribution in [0.4, 0.5) is 14.5 Å². The molecule has 0 unspecified atom stereocenters. The van der Waals surface area contributed by atoms with Crippen LogP contribution < -0.4 is 20.1 Å². The Hall–Kier alpha value is -3.68. The molecule has 1 aliphatic carbocycles. The number of Topliss-reactive ketones (excluding diaryl/α,β-unsaturated/α-hetero) is 1. The lowest BCUT2D eigenvalue weighted by atomic mass is 9.68. The number of hydrogen-bond donors (Lipinski definition) is 2. The van der Waals surface area contributed by atoms with E-state index in [-0.39, 0.29) is 22.5 Å². The number of ketones is 1. The van der Waals surface area contributed by atoms with Gasteiger partial charge >= 0.3 is 0 Å².